The normalized spacial score (nSPS) is 10.4. The zero-order chi connectivity index (χ0) is 11.0. The largest absolute Gasteiger partial charge is 0.336 e. The molecule has 6 heteroatoms. The van der Waals surface area contributed by atoms with Crippen molar-refractivity contribution >= 4 is 11.0 Å². The Morgan fingerprint density at radius 3 is 3.00 bits per heavy atom. The summed E-state index contributed by atoms with van der Waals surface area (Å²) in [7, 11) is 0. The van der Waals surface area contributed by atoms with E-state index in [4.69, 9.17) is 5.26 Å². The topological polar surface area (TPSA) is 94.0 Å². The molecule has 0 fully saturated rings. The van der Waals surface area contributed by atoms with Gasteiger partial charge in [0.1, 0.15) is 5.69 Å². The molecular formula is C10H6N6. The molecule has 2 N–H and O–H groups in total. The van der Waals surface area contributed by atoms with Gasteiger partial charge in [-0.3, -0.25) is 0 Å². The number of rotatable bonds is 1. The average molecular weight is 210 g/mol. The molecule has 0 spiro atoms. The van der Waals surface area contributed by atoms with Gasteiger partial charge in [-0.05, 0) is 18.2 Å². The molecule has 1 aromatic carbocycles. The molecule has 3 rings (SSSR count). The van der Waals surface area contributed by atoms with Crippen LogP contribution in [0, 0.1) is 11.3 Å². The van der Waals surface area contributed by atoms with E-state index in [0.29, 0.717) is 17.1 Å². The number of benzene rings is 1. The molecule has 0 aliphatic heterocycles. The molecule has 6 nitrogen and oxygen atoms in total. The van der Waals surface area contributed by atoms with Crippen LogP contribution in [-0.2, 0) is 0 Å². The Labute approximate surface area is 89.9 Å². The monoisotopic (exact) mass is 210 g/mol. The lowest BCUT2D eigenvalue weighted by atomic mass is 10.2. The van der Waals surface area contributed by atoms with Crippen LogP contribution in [0.5, 0.6) is 0 Å². The summed E-state index contributed by atoms with van der Waals surface area (Å²) in [6.45, 7) is 0. The number of nitriles is 1. The molecule has 0 aliphatic carbocycles. The third kappa shape index (κ3) is 1.23. The van der Waals surface area contributed by atoms with Crippen molar-refractivity contribution in [1.29, 1.82) is 5.26 Å². The second kappa shape index (κ2) is 3.17. The van der Waals surface area contributed by atoms with Gasteiger partial charge in [0, 0.05) is 0 Å². The van der Waals surface area contributed by atoms with Crippen LogP contribution in [0.2, 0.25) is 0 Å². The van der Waals surface area contributed by atoms with E-state index in [1.54, 1.807) is 24.4 Å². The summed E-state index contributed by atoms with van der Waals surface area (Å²) >= 11 is 0. The molecule has 0 aliphatic rings. The van der Waals surface area contributed by atoms with Crippen LogP contribution in [-0.4, -0.2) is 25.4 Å². The summed E-state index contributed by atoms with van der Waals surface area (Å²) in [5, 5.41) is 18.9. The van der Waals surface area contributed by atoms with E-state index in [-0.39, 0.29) is 0 Å². The number of hydrogen-bond acceptors (Lipinski definition) is 4. The van der Waals surface area contributed by atoms with Gasteiger partial charge in [0.05, 0.1) is 28.9 Å². The zero-order valence-corrected chi connectivity index (χ0v) is 8.10. The van der Waals surface area contributed by atoms with E-state index < -0.39 is 0 Å². The Bertz CT molecular complexity index is 673. The van der Waals surface area contributed by atoms with Crippen LogP contribution in [0.1, 0.15) is 5.56 Å². The molecular weight excluding hydrogens is 204 g/mol. The van der Waals surface area contributed by atoms with Crippen molar-refractivity contribution in [2.24, 2.45) is 0 Å². The highest BCUT2D eigenvalue weighted by molar-refractivity contribution is 5.79. The minimum atomic E-state index is 0.600. The number of fused-ring (bicyclic) bond motifs is 1. The lowest BCUT2D eigenvalue weighted by Crippen LogP contribution is -1.79. The highest BCUT2D eigenvalue weighted by atomic mass is 15.3. The van der Waals surface area contributed by atoms with Gasteiger partial charge in [0.25, 0.3) is 0 Å². The van der Waals surface area contributed by atoms with Crippen molar-refractivity contribution < 1.29 is 0 Å². The number of aromatic nitrogens is 5. The fraction of sp³-hybridized carbons (Fsp3) is 0. The first-order chi connectivity index (χ1) is 7.86. The van der Waals surface area contributed by atoms with E-state index in [1.807, 2.05) is 0 Å². The number of H-pyrrole nitrogens is 2. The Balaban J connectivity index is 2.20. The Kier molecular flexibility index (Phi) is 1.71. The third-order valence-corrected chi connectivity index (χ3v) is 2.27. The van der Waals surface area contributed by atoms with E-state index in [1.165, 1.54) is 0 Å². The van der Waals surface area contributed by atoms with Gasteiger partial charge in [-0.15, -0.1) is 0 Å². The maximum absolute atomic E-state index is 8.78. The number of imidazole rings is 1. The van der Waals surface area contributed by atoms with Crippen molar-refractivity contribution in [3.8, 4) is 17.6 Å². The second-order valence-corrected chi connectivity index (χ2v) is 3.28. The fourth-order valence-electron chi connectivity index (χ4n) is 1.52. The minimum Gasteiger partial charge on any atom is -0.336 e. The first-order valence-corrected chi connectivity index (χ1v) is 4.63. The summed E-state index contributed by atoms with van der Waals surface area (Å²) in [6.07, 6.45) is 1.59. The van der Waals surface area contributed by atoms with Crippen molar-refractivity contribution in [3.63, 3.8) is 0 Å². The maximum atomic E-state index is 8.78. The van der Waals surface area contributed by atoms with Crippen LogP contribution < -0.4 is 0 Å². The minimum absolute atomic E-state index is 0.600. The lowest BCUT2D eigenvalue weighted by Gasteiger charge is -1.87. The van der Waals surface area contributed by atoms with Crippen molar-refractivity contribution in [1.82, 2.24) is 25.4 Å². The molecule has 0 atom stereocenters. The van der Waals surface area contributed by atoms with Gasteiger partial charge in [0.15, 0.2) is 5.82 Å². The van der Waals surface area contributed by atoms with Crippen LogP contribution in [0.15, 0.2) is 24.4 Å². The third-order valence-electron chi connectivity index (χ3n) is 2.27. The molecule has 0 bridgehead atoms. The summed E-state index contributed by atoms with van der Waals surface area (Å²) in [4.78, 5) is 7.43. The van der Waals surface area contributed by atoms with E-state index >= 15 is 0 Å². The Morgan fingerprint density at radius 2 is 2.25 bits per heavy atom. The van der Waals surface area contributed by atoms with Crippen LogP contribution in [0.4, 0.5) is 0 Å². The molecule has 3 aromatic rings. The van der Waals surface area contributed by atoms with E-state index in [0.717, 1.165) is 11.0 Å². The smallest absolute Gasteiger partial charge is 0.160 e. The van der Waals surface area contributed by atoms with Crippen LogP contribution >= 0.6 is 0 Å². The SMILES string of the molecule is N#Cc1ccc2nc(-c3cn[nH]n3)[nH]c2c1. The Hall–Kier alpha value is -2.68. The molecule has 76 valence electrons. The molecule has 16 heavy (non-hydrogen) atoms. The quantitative estimate of drug-likeness (QED) is 0.631. The summed E-state index contributed by atoms with van der Waals surface area (Å²) < 4.78 is 0. The summed E-state index contributed by atoms with van der Waals surface area (Å²) in [5.74, 6) is 0.638. The highest BCUT2D eigenvalue weighted by Crippen LogP contribution is 2.18. The standard InChI is InChI=1S/C10H6N6/c11-4-6-1-2-7-8(3-6)14-10(13-7)9-5-12-16-15-9/h1-3,5H,(H,13,14)(H,12,15,16). The molecule has 0 unspecified atom stereocenters. The first-order valence-electron chi connectivity index (χ1n) is 4.63. The van der Waals surface area contributed by atoms with Gasteiger partial charge >= 0.3 is 0 Å². The fourth-order valence-corrected chi connectivity index (χ4v) is 1.52. The highest BCUT2D eigenvalue weighted by Gasteiger charge is 2.07. The Morgan fingerprint density at radius 1 is 1.31 bits per heavy atom. The molecule has 0 radical (unpaired) electrons. The van der Waals surface area contributed by atoms with Crippen molar-refractivity contribution in [2.45, 2.75) is 0 Å². The predicted octanol–water partition coefficient (Wildman–Crippen LogP) is 1.22. The predicted molar refractivity (Wildman–Crippen MR) is 56.2 cm³/mol. The maximum Gasteiger partial charge on any atom is 0.160 e. The van der Waals surface area contributed by atoms with Crippen LogP contribution in [0.25, 0.3) is 22.6 Å². The lowest BCUT2D eigenvalue weighted by molar-refractivity contribution is 0.940. The van der Waals surface area contributed by atoms with E-state index in [9.17, 15) is 0 Å². The van der Waals surface area contributed by atoms with Gasteiger partial charge in [0.2, 0.25) is 0 Å². The molecule has 2 aromatic heterocycles. The number of nitrogens with zero attached hydrogens (tertiary/aromatic N) is 4. The number of aromatic amines is 2. The number of hydrogen-bond donors (Lipinski definition) is 2. The number of nitrogens with one attached hydrogen (secondary N) is 2. The van der Waals surface area contributed by atoms with Gasteiger partial charge < -0.3 is 4.98 Å². The second-order valence-electron chi connectivity index (χ2n) is 3.28. The molecule has 0 saturated heterocycles. The van der Waals surface area contributed by atoms with Gasteiger partial charge in [-0.25, -0.2) is 4.98 Å². The zero-order valence-electron chi connectivity index (χ0n) is 8.10. The van der Waals surface area contributed by atoms with Gasteiger partial charge in [-0.2, -0.15) is 20.7 Å². The summed E-state index contributed by atoms with van der Waals surface area (Å²) in [6, 6.07) is 7.37. The van der Waals surface area contributed by atoms with E-state index in [2.05, 4.69) is 31.4 Å². The molecule has 0 amide bonds. The van der Waals surface area contributed by atoms with Crippen LogP contribution in [0.3, 0.4) is 0 Å². The van der Waals surface area contributed by atoms with Crippen molar-refractivity contribution in [2.75, 3.05) is 0 Å². The molecule has 0 saturated carbocycles. The first kappa shape index (κ1) is 8.61. The molecule has 2 heterocycles. The average Bonchev–Trinajstić information content (AvgIpc) is 2.96. The van der Waals surface area contributed by atoms with Crippen molar-refractivity contribution in [3.05, 3.63) is 30.0 Å². The van der Waals surface area contributed by atoms with Gasteiger partial charge in [-0.1, -0.05) is 0 Å². The summed E-state index contributed by atoms with van der Waals surface area (Å²) in [5.41, 5.74) is 2.87.